The number of esters is 1. The fraction of sp³-hybridized carbons (Fsp3) is 0.400. The van der Waals surface area contributed by atoms with Crippen molar-refractivity contribution in [1.82, 2.24) is 10.2 Å². The SMILES string of the molecule is CC(C)(C)OC(=O)N1CCC[C@@H](OC(=O)c2cccc(OCc3ccccc3)c2OCc2ccccc2)[C@H](NC(=O)c2ccc(O[Si](C)(C)C(C)(C)C)cc2)C1. The van der Waals surface area contributed by atoms with E-state index in [9.17, 15) is 14.4 Å². The summed E-state index contributed by atoms with van der Waals surface area (Å²) in [6.07, 6.45) is -0.382. The van der Waals surface area contributed by atoms with Crippen molar-refractivity contribution in [2.45, 2.75) is 103 Å². The maximum Gasteiger partial charge on any atom is 0.410 e. The molecule has 298 valence electrons. The Balaban J connectivity index is 1.40. The van der Waals surface area contributed by atoms with Crippen LogP contribution in [0.3, 0.4) is 0 Å². The van der Waals surface area contributed by atoms with Gasteiger partial charge in [-0.3, -0.25) is 4.79 Å². The molecule has 1 aliphatic rings. The minimum absolute atomic E-state index is 0.0142. The first kappa shape index (κ1) is 41.9. The van der Waals surface area contributed by atoms with Crippen LogP contribution >= 0.6 is 0 Å². The van der Waals surface area contributed by atoms with Gasteiger partial charge < -0.3 is 33.6 Å². The zero-order valence-electron chi connectivity index (χ0n) is 33.9. The molecule has 0 aliphatic carbocycles. The highest BCUT2D eigenvalue weighted by Crippen LogP contribution is 2.38. The largest absolute Gasteiger partial charge is 0.544 e. The molecular weight excluding hydrogens is 725 g/mol. The third-order valence-electron chi connectivity index (χ3n) is 9.97. The van der Waals surface area contributed by atoms with Gasteiger partial charge in [0.05, 0.1) is 6.04 Å². The lowest BCUT2D eigenvalue weighted by Crippen LogP contribution is -2.51. The fourth-order valence-corrected chi connectivity index (χ4v) is 6.91. The Morgan fingerprint density at radius 3 is 1.96 bits per heavy atom. The molecular formula is C45H56N2O8Si. The molecule has 1 fully saturated rings. The number of rotatable bonds is 12. The fourth-order valence-electron chi connectivity index (χ4n) is 5.88. The van der Waals surface area contributed by atoms with Crippen LogP contribution in [0, 0.1) is 0 Å². The number of ether oxygens (including phenoxy) is 4. The van der Waals surface area contributed by atoms with Crippen molar-refractivity contribution in [1.29, 1.82) is 0 Å². The lowest BCUT2D eigenvalue weighted by atomic mass is 10.1. The van der Waals surface area contributed by atoms with Gasteiger partial charge in [0, 0.05) is 18.7 Å². The molecule has 0 spiro atoms. The van der Waals surface area contributed by atoms with Gasteiger partial charge in [0.25, 0.3) is 5.91 Å². The molecule has 1 heterocycles. The smallest absolute Gasteiger partial charge is 0.410 e. The van der Waals surface area contributed by atoms with Crippen molar-refractivity contribution in [3.63, 3.8) is 0 Å². The predicted octanol–water partition coefficient (Wildman–Crippen LogP) is 9.58. The van der Waals surface area contributed by atoms with E-state index in [0.29, 0.717) is 36.4 Å². The zero-order chi connectivity index (χ0) is 40.5. The number of nitrogens with one attached hydrogen (secondary N) is 1. The summed E-state index contributed by atoms with van der Waals surface area (Å²) in [4.78, 5) is 42.9. The predicted molar refractivity (Wildman–Crippen MR) is 220 cm³/mol. The Kier molecular flexibility index (Phi) is 13.5. The van der Waals surface area contributed by atoms with Crippen molar-refractivity contribution in [2.24, 2.45) is 0 Å². The van der Waals surface area contributed by atoms with Crippen LogP contribution in [0.1, 0.15) is 86.2 Å². The highest BCUT2D eigenvalue weighted by molar-refractivity contribution is 6.74. The van der Waals surface area contributed by atoms with E-state index in [1.165, 1.54) is 0 Å². The molecule has 2 amide bonds. The van der Waals surface area contributed by atoms with Gasteiger partial charge in [-0.25, -0.2) is 9.59 Å². The second-order valence-corrected chi connectivity index (χ2v) is 21.4. The molecule has 0 radical (unpaired) electrons. The van der Waals surface area contributed by atoms with E-state index in [2.05, 4.69) is 39.2 Å². The van der Waals surface area contributed by atoms with Gasteiger partial charge in [-0.1, -0.05) is 87.5 Å². The van der Waals surface area contributed by atoms with Gasteiger partial charge in [0.1, 0.15) is 36.2 Å². The lowest BCUT2D eigenvalue weighted by Gasteiger charge is -2.36. The number of para-hydroxylation sites is 1. The van der Waals surface area contributed by atoms with Crippen LogP contribution in [0.5, 0.6) is 17.2 Å². The molecule has 4 aromatic carbocycles. The third-order valence-corrected chi connectivity index (χ3v) is 14.3. The molecule has 10 nitrogen and oxygen atoms in total. The van der Waals surface area contributed by atoms with Gasteiger partial charge >= 0.3 is 12.1 Å². The molecule has 0 saturated carbocycles. The number of amides is 2. The molecule has 2 atom stereocenters. The van der Waals surface area contributed by atoms with Crippen LogP contribution in [0.4, 0.5) is 4.79 Å². The maximum atomic E-state index is 14.2. The van der Waals surface area contributed by atoms with Crippen molar-refractivity contribution in [3.05, 3.63) is 125 Å². The van der Waals surface area contributed by atoms with E-state index >= 15 is 0 Å². The van der Waals surface area contributed by atoms with Crippen molar-refractivity contribution >= 4 is 26.3 Å². The standard InChI is InChI=1S/C45H56N2O8Si/c1-44(2,3)54-43(50)47-28-16-23-38(37(29-47)46-41(48)34-24-26-35(27-25-34)55-56(7,8)45(4,5)6)53-42(49)36-21-15-22-39(51-30-32-17-11-9-12-18-32)40(36)52-31-33-19-13-10-14-20-33/h9-15,17-22,24-27,37-38H,16,23,28-31H2,1-8H3,(H,46,48)/t37-,38-/m1/s1. The molecule has 56 heavy (non-hydrogen) atoms. The van der Waals surface area contributed by atoms with Gasteiger partial charge in [-0.15, -0.1) is 0 Å². The maximum absolute atomic E-state index is 14.2. The highest BCUT2D eigenvalue weighted by atomic mass is 28.4. The minimum Gasteiger partial charge on any atom is -0.544 e. The molecule has 1 N–H and O–H groups in total. The summed E-state index contributed by atoms with van der Waals surface area (Å²) in [6.45, 7) is 17.2. The van der Waals surface area contributed by atoms with Crippen molar-refractivity contribution < 1.29 is 37.8 Å². The molecule has 0 unspecified atom stereocenters. The third kappa shape index (κ3) is 11.6. The summed E-state index contributed by atoms with van der Waals surface area (Å²) in [5.41, 5.74) is 1.75. The quantitative estimate of drug-likeness (QED) is 0.112. The van der Waals surface area contributed by atoms with Crippen LogP contribution < -0.4 is 19.2 Å². The van der Waals surface area contributed by atoms with Gasteiger partial charge in [0.15, 0.2) is 11.5 Å². The molecule has 11 heteroatoms. The first-order chi connectivity index (χ1) is 26.5. The molecule has 0 aromatic heterocycles. The number of carbonyl (C=O) groups is 3. The lowest BCUT2D eigenvalue weighted by molar-refractivity contribution is 0.0124. The number of benzene rings is 4. The normalized spacial score (nSPS) is 16.2. The van der Waals surface area contributed by atoms with E-state index in [1.54, 1.807) is 68.1 Å². The van der Waals surface area contributed by atoms with E-state index in [0.717, 1.165) is 11.1 Å². The topological polar surface area (TPSA) is 113 Å². The van der Waals surface area contributed by atoms with Crippen LogP contribution in [0.2, 0.25) is 18.1 Å². The van der Waals surface area contributed by atoms with Crippen LogP contribution in [-0.4, -0.2) is 62.0 Å². The Morgan fingerprint density at radius 2 is 1.38 bits per heavy atom. The van der Waals surface area contributed by atoms with Crippen LogP contribution in [0.15, 0.2) is 103 Å². The average molecular weight is 781 g/mol. The molecule has 4 aromatic rings. The van der Waals surface area contributed by atoms with E-state index in [-0.39, 0.29) is 42.0 Å². The van der Waals surface area contributed by atoms with E-state index in [1.807, 2.05) is 60.7 Å². The number of hydrogen-bond donors (Lipinski definition) is 1. The minimum atomic E-state index is -2.09. The number of nitrogens with zero attached hydrogens (tertiary/aromatic N) is 1. The van der Waals surface area contributed by atoms with Crippen LogP contribution in [0.25, 0.3) is 0 Å². The molecule has 1 saturated heterocycles. The summed E-state index contributed by atoms with van der Waals surface area (Å²) in [5.74, 6) is 0.333. The Hall–Kier alpha value is -5.29. The van der Waals surface area contributed by atoms with Crippen LogP contribution in [-0.2, 0) is 22.7 Å². The first-order valence-corrected chi connectivity index (χ1v) is 22.2. The van der Waals surface area contributed by atoms with Gasteiger partial charge in [-0.2, -0.15) is 0 Å². The summed E-state index contributed by atoms with van der Waals surface area (Å²) >= 11 is 0. The number of carbonyl (C=O) groups excluding carboxylic acids is 3. The number of likely N-dealkylation sites (tertiary alicyclic amines) is 1. The Labute approximate surface area is 332 Å². The first-order valence-electron chi connectivity index (χ1n) is 19.2. The molecule has 5 rings (SSSR count). The van der Waals surface area contributed by atoms with Gasteiger partial charge in [-0.05, 0) is 99.3 Å². The average Bonchev–Trinajstić information content (AvgIpc) is 3.34. The Morgan fingerprint density at radius 1 is 0.768 bits per heavy atom. The molecule has 0 bridgehead atoms. The number of hydrogen-bond acceptors (Lipinski definition) is 8. The summed E-state index contributed by atoms with van der Waals surface area (Å²) in [5, 5.41) is 3.09. The van der Waals surface area contributed by atoms with Crippen molar-refractivity contribution in [2.75, 3.05) is 13.1 Å². The van der Waals surface area contributed by atoms with E-state index < -0.39 is 38.1 Å². The highest BCUT2D eigenvalue weighted by Gasteiger charge is 2.39. The zero-order valence-corrected chi connectivity index (χ0v) is 34.9. The monoisotopic (exact) mass is 780 g/mol. The second kappa shape index (κ2) is 18.1. The van der Waals surface area contributed by atoms with Gasteiger partial charge in [0.2, 0.25) is 8.32 Å². The molecule has 1 aliphatic heterocycles. The second-order valence-electron chi connectivity index (χ2n) is 16.7. The Bertz CT molecular complexity index is 1920. The van der Waals surface area contributed by atoms with E-state index in [4.69, 9.17) is 23.4 Å². The summed E-state index contributed by atoms with van der Waals surface area (Å²) in [7, 11) is -2.09. The summed E-state index contributed by atoms with van der Waals surface area (Å²) in [6, 6.07) is 30.8. The summed E-state index contributed by atoms with van der Waals surface area (Å²) < 4.78 is 30.9. The van der Waals surface area contributed by atoms with Crippen molar-refractivity contribution in [3.8, 4) is 17.2 Å².